The first-order valence-electron chi connectivity index (χ1n) is 13.1. The average molecular weight is 551 g/mol. The van der Waals surface area contributed by atoms with Gasteiger partial charge in [-0.25, -0.2) is 9.97 Å². The van der Waals surface area contributed by atoms with Gasteiger partial charge in [0, 0.05) is 60.3 Å². The summed E-state index contributed by atoms with van der Waals surface area (Å²) in [4.78, 5) is 29.8. The quantitative estimate of drug-likeness (QED) is 0.244. The van der Waals surface area contributed by atoms with Gasteiger partial charge < -0.3 is 25.2 Å². The highest BCUT2D eigenvalue weighted by Crippen LogP contribution is 2.41. The lowest BCUT2D eigenvalue weighted by molar-refractivity contribution is -0.00238. The molecule has 0 aliphatic carbocycles. The number of fused-ring (bicyclic) bond motifs is 1. The Kier molecular flexibility index (Phi) is 5.76. The Morgan fingerprint density at radius 3 is 2.55 bits per heavy atom. The number of phenols is 1. The molecule has 4 heterocycles. The van der Waals surface area contributed by atoms with Crippen LogP contribution in [0.5, 0.6) is 5.75 Å². The molecule has 1 spiro atoms. The number of nitrogens with zero attached hydrogens (tertiary/aromatic N) is 4. The molecule has 8 nitrogen and oxygen atoms in total. The summed E-state index contributed by atoms with van der Waals surface area (Å²) in [6.45, 7) is 4.53. The van der Waals surface area contributed by atoms with Crippen LogP contribution in [0.4, 0.5) is 11.4 Å². The summed E-state index contributed by atoms with van der Waals surface area (Å²) in [6.07, 6.45) is 1.63. The fourth-order valence-corrected chi connectivity index (χ4v) is 6.21. The van der Waals surface area contributed by atoms with Crippen LogP contribution in [0, 0.1) is 5.41 Å². The van der Waals surface area contributed by atoms with Crippen molar-refractivity contribution in [2.75, 3.05) is 43.4 Å². The molecule has 3 N–H and O–H groups in total. The highest BCUT2D eigenvalue weighted by Gasteiger charge is 2.50. The number of imidazole rings is 1. The maximum absolute atomic E-state index is 13.1. The van der Waals surface area contributed by atoms with Crippen molar-refractivity contribution in [3.05, 3.63) is 89.7 Å². The Morgan fingerprint density at radius 2 is 1.80 bits per heavy atom. The highest BCUT2D eigenvalue weighted by atomic mass is 35.5. The molecule has 0 unspecified atom stereocenters. The van der Waals surface area contributed by atoms with Gasteiger partial charge in [-0.15, -0.1) is 0 Å². The molecule has 1 amide bonds. The molecular weight excluding hydrogens is 524 g/mol. The Morgan fingerprint density at radius 1 is 1.00 bits per heavy atom. The molecule has 5 aromatic rings. The fraction of sp³-hybridized carbons (Fsp3) is 0.194. The predicted molar refractivity (Wildman–Crippen MR) is 158 cm³/mol. The van der Waals surface area contributed by atoms with Crippen molar-refractivity contribution in [2.45, 2.75) is 0 Å². The molecule has 2 aliphatic heterocycles. The van der Waals surface area contributed by atoms with E-state index in [1.165, 1.54) is 18.8 Å². The van der Waals surface area contributed by atoms with E-state index < -0.39 is 0 Å². The number of rotatable bonds is 5. The molecule has 0 saturated carbocycles. The second-order valence-corrected chi connectivity index (χ2v) is 11.3. The van der Waals surface area contributed by atoms with Crippen molar-refractivity contribution in [3.8, 4) is 28.3 Å². The molecule has 40 heavy (non-hydrogen) atoms. The standard InChI is InChI=1S/C31H27ClN6O2/c1-37-15-31(16-37)17-38(18-31)22-8-6-21(7-9-22)34-30(40)20-4-10-25-26(14-20)36-29(35-25)24-13-19(5-11-27(24)39)23-3-2-12-33-28(23)32/h2-14,39H,15-18H2,1H3,(H,34,40)(H,35,36). The molecule has 2 aromatic heterocycles. The van der Waals surface area contributed by atoms with Crippen molar-refractivity contribution >= 4 is 39.9 Å². The first kappa shape index (κ1) is 24.6. The van der Waals surface area contributed by atoms with Gasteiger partial charge in [-0.3, -0.25) is 4.79 Å². The number of hydrogen-bond acceptors (Lipinski definition) is 6. The van der Waals surface area contributed by atoms with E-state index in [1.54, 1.807) is 36.5 Å². The van der Waals surface area contributed by atoms with Gasteiger partial charge in [0.1, 0.15) is 16.7 Å². The number of aromatic nitrogens is 3. The van der Waals surface area contributed by atoms with E-state index in [-0.39, 0.29) is 11.7 Å². The highest BCUT2D eigenvalue weighted by molar-refractivity contribution is 6.32. The lowest BCUT2D eigenvalue weighted by Crippen LogP contribution is -2.71. The summed E-state index contributed by atoms with van der Waals surface area (Å²) in [6, 6.07) is 22.2. The smallest absolute Gasteiger partial charge is 0.255 e. The van der Waals surface area contributed by atoms with Crippen LogP contribution in [0.2, 0.25) is 5.15 Å². The second-order valence-electron chi connectivity index (χ2n) is 10.9. The molecule has 200 valence electrons. The number of phenolic OH excluding ortho intramolecular Hbond substituents is 1. The minimum absolute atomic E-state index is 0.0812. The van der Waals surface area contributed by atoms with E-state index in [0.29, 0.717) is 38.6 Å². The van der Waals surface area contributed by atoms with E-state index >= 15 is 0 Å². The first-order valence-corrected chi connectivity index (χ1v) is 13.5. The van der Waals surface area contributed by atoms with Crippen LogP contribution in [-0.2, 0) is 0 Å². The number of benzene rings is 3. The van der Waals surface area contributed by atoms with Crippen LogP contribution in [0.1, 0.15) is 10.4 Å². The van der Waals surface area contributed by atoms with Gasteiger partial charge in [0.2, 0.25) is 0 Å². The maximum Gasteiger partial charge on any atom is 0.255 e. The molecule has 2 fully saturated rings. The van der Waals surface area contributed by atoms with Gasteiger partial charge in [0.05, 0.1) is 16.6 Å². The Hall–Kier alpha value is -4.40. The van der Waals surface area contributed by atoms with Crippen molar-refractivity contribution in [1.82, 2.24) is 19.9 Å². The molecule has 0 radical (unpaired) electrons. The number of aromatic amines is 1. The van der Waals surface area contributed by atoms with Crippen molar-refractivity contribution in [3.63, 3.8) is 0 Å². The summed E-state index contributed by atoms with van der Waals surface area (Å²) in [5.74, 6) is 0.365. The number of likely N-dealkylation sites (tertiary alicyclic amines) is 1. The monoisotopic (exact) mass is 550 g/mol. The fourth-order valence-electron chi connectivity index (χ4n) is 5.98. The number of nitrogens with one attached hydrogen (secondary N) is 2. The van der Waals surface area contributed by atoms with Crippen molar-refractivity contribution in [2.24, 2.45) is 5.41 Å². The number of carbonyl (C=O) groups is 1. The van der Waals surface area contributed by atoms with E-state index in [4.69, 9.17) is 11.6 Å². The summed E-state index contributed by atoms with van der Waals surface area (Å²) in [7, 11) is 2.17. The minimum Gasteiger partial charge on any atom is -0.507 e. The number of carbonyl (C=O) groups excluding carboxylic acids is 1. The van der Waals surface area contributed by atoms with Gasteiger partial charge in [-0.05, 0) is 79.3 Å². The average Bonchev–Trinajstić information content (AvgIpc) is 3.34. The normalized spacial score (nSPS) is 16.1. The maximum atomic E-state index is 13.1. The summed E-state index contributed by atoms with van der Waals surface area (Å²) >= 11 is 6.28. The van der Waals surface area contributed by atoms with Gasteiger partial charge >= 0.3 is 0 Å². The lowest BCUT2D eigenvalue weighted by Gasteiger charge is -2.60. The number of aromatic hydroxyl groups is 1. The number of amides is 1. The zero-order valence-electron chi connectivity index (χ0n) is 21.9. The van der Waals surface area contributed by atoms with Crippen LogP contribution in [0.25, 0.3) is 33.5 Å². The third kappa shape index (κ3) is 4.35. The third-order valence-electron chi connectivity index (χ3n) is 7.82. The van der Waals surface area contributed by atoms with Crippen LogP contribution < -0.4 is 10.2 Å². The zero-order chi connectivity index (χ0) is 27.4. The molecule has 2 saturated heterocycles. The first-order chi connectivity index (χ1) is 19.4. The van der Waals surface area contributed by atoms with E-state index in [1.807, 2.05) is 30.3 Å². The van der Waals surface area contributed by atoms with E-state index in [2.05, 4.69) is 49.2 Å². The van der Waals surface area contributed by atoms with E-state index in [9.17, 15) is 9.90 Å². The number of halogens is 1. The second kappa shape index (κ2) is 9.36. The molecule has 9 heteroatoms. The Bertz CT molecular complexity index is 1750. The predicted octanol–water partition coefficient (Wildman–Crippen LogP) is 5.66. The molecule has 0 bridgehead atoms. The van der Waals surface area contributed by atoms with Crippen LogP contribution in [0.15, 0.2) is 79.0 Å². The van der Waals surface area contributed by atoms with Crippen molar-refractivity contribution < 1.29 is 9.90 Å². The molecule has 7 rings (SSSR count). The molecule has 2 aliphatic rings. The van der Waals surface area contributed by atoms with E-state index in [0.717, 1.165) is 29.9 Å². The van der Waals surface area contributed by atoms with Gasteiger partial charge in [0.25, 0.3) is 5.91 Å². The topological polar surface area (TPSA) is 97.4 Å². The van der Waals surface area contributed by atoms with Crippen LogP contribution in [-0.4, -0.2) is 64.1 Å². The number of anilines is 2. The largest absolute Gasteiger partial charge is 0.507 e. The number of hydrogen-bond donors (Lipinski definition) is 3. The minimum atomic E-state index is -0.206. The summed E-state index contributed by atoms with van der Waals surface area (Å²) in [5, 5.41) is 14.0. The number of pyridine rings is 1. The summed E-state index contributed by atoms with van der Waals surface area (Å²) in [5.41, 5.74) is 6.37. The van der Waals surface area contributed by atoms with Crippen LogP contribution in [0.3, 0.4) is 0 Å². The van der Waals surface area contributed by atoms with Gasteiger partial charge in [0.15, 0.2) is 0 Å². The Labute approximate surface area is 236 Å². The third-order valence-corrected chi connectivity index (χ3v) is 8.12. The van der Waals surface area contributed by atoms with Crippen molar-refractivity contribution in [1.29, 1.82) is 0 Å². The Balaban J connectivity index is 1.08. The van der Waals surface area contributed by atoms with Gasteiger partial charge in [-0.1, -0.05) is 17.7 Å². The molecule has 0 atom stereocenters. The number of H-pyrrole nitrogens is 1. The summed E-state index contributed by atoms with van der Waals surface area (Å²) < 4.78 is 0. The zero-order valence-corrected chi connectivity index (χ0v) is 22.6. The van der Waals surface area contributed by atoms with Gasteiger partial charge in [-0.2, -0.15) is 0 Å². The molecule has 3 aromatic carbocycles. The molecular formula is C31H27ClN6O2. The lowest BCUT2D eigenvalue weighted by atomic mass is 9.73. The van der Waals surface area contributed by atoms with Crippen LogP contribution >= 0.6 is 11.6 Å². The SMILES string of the molecule is CN1CC2(C1)CN(c1ccc(NC(=O)c3ccc4nc(-c5cc(-c6cccnc6Cl)ccc5O)[nH]c4c3)cc1)C2.